The molecule has 0 saturated carbocycles. The van der Waals surface area contributed by atoms with Gasteiger partial charge in [0.1, 0.15) is 0 Å². The number of hydrogen-bond acceptors (Lipinski definition) is 1. The summed E-state index contributed by atoms with van der Waals surface area (Å²) in [6.07, 6.45) is 3.14. The summed E-state index contributed by atoms with van der Waals surface area (Å²) in [5.41, 5.74) is 2.98. The van der Waals surface area contributed by atoms with E-state index in [0.717, 1.165) is 30.6 Å². The molecule has 3 heteroatoms. The molecule has 0 radical (unpaired) electrons. The topological polar surface area (TPSA) is 20.3 Å². The van der Waals surface area contributed by atoms with Gasteiger partial charge in [-0.05, 0) is 31.0 Å². The van der Waals surface area contributed by atoms with Crippen LogP contribution in [0.25, 0.3) is 0 Å². The molecule has 0 aromatic heterocycles. The number of hydrogen-bond donors (Lipinski definition) is 0. The van der Waals surface area contributed by atoms with E-state index < -0.39 is 0 Å². The third-order valence-corrected chi connectivity index (χ3v) is 3.26. The molecule has 0 N–H and O–H groups in total. The fraction of sp³-hybridized carbons (Fsp3) is 0.357. The Hall–Kier alpha value is -1.28. The largest absolute Gasteiger partial charge is 0.334 e. The molecular formula is C14H16ClNO. The van der Waals surface area contributed by atoms with Crippen LogP contribution in [-0.4, -0.2) is 23.9 Å². The van der Waals surface area contributed by atoms with Crippen molar-refractivity contribution in [2.45, 2.75) is 19.2 Å². The Labute approximate surface area is 107 Å². The van der Waals surface area contributed by atoms with E-state index in [0.29, 0.717) is 5.88 Å². The van der Waals surface area contributed by atoms with Gasteiger partial charge in [0.15, 0.2) is 0 Å². The molecule has 0 fully saturated rings. The van der Waals surface area contributed by atoms with Crippen molar-refractivity contribution in [2.24, 2.45) is 0 Å². The summed E-state index contributed by atoms with van der Waals surface area (Å²) in [4.78, 5) is 14.2. The summed E-state index contributed by atoms with van der Waals surface area (Å²) in [5, 5.41) is 0. The van der Waals surface area contributed by atoms with Crippen LogP contribution < -0.4 is 0 Å². The Morgan fingerprint density at radius 3 is 3.00 bits per heavy atom. The van der Waals surface area contributed by atoms with Crippen LogP contribution in [0.4, 0.5) is 0 Å². The molecule has 90 valence electrons. The maximum Gasteiger partial charge on any atom is 0.254 e. The lowest BCUT2D eigenvalue weighted by Crippen LogP contribution is -2.35. The number of nitrogens with zero attached hydrogens (tertiary/aromatic N) is 1. The van der Waals surface area contributed by atoms with Crippen LogP contribution in [0.15, 0.2) is 35.9 Å². The molecule has 0 saturated heterocycles. The zero-order valence-corrected chi connectivity index (χ0v) is 10.7. The molecule has 17 heavy (non-hydrogen) atoms. The lowest BCUT2D eigenvalue weighted by molar-refractivity contribution is 0.0766. The average molecular weight is 250 g/mol. The number of alkyl halides is 1. The summed E-state index contributed by atoms with van der Waals surface area (Å²) in [6.45, 7) is 3.61. The normalized spacial score (nSPS) is 15.6. The summed E-state index contributed by atoms with van der Waals surface area (Å²) in [5.74, 6) is 0.546. The summed E-state index contributed by atoms with van der Waals surface area (Å²) in [7, 11) is 0. The molecule has 0 atom stereocenters. The fourth-order valence-electron chi connectivity index (χ4n) is 2.05. The molecule has 0 unspecified atom stereocenters. The van der Waals surface area contributed by atoms with Crippen molar-refractivity contribution in [1.29, 1.82) is 0 Å². The highest BCUT2D eigenvalue weighted by molar-refractivity contribution is 6.17. The minimum Gasteiger partial charge on any atom is -0.334 e. The quantitative estimate of drug-likeness (QED) is 0.582. The first-order valence-corrected chi connectivity index (χ1v) is 6.34. The minimum absolute atomic E-state index is 0.101. The molecule has 2 rings (SSSR count). The number of carbonyl (C=O) groups is 1. The lowest BCUT2D eigenvalue weighted by Gasteiger charge is -2.26. The first-order chi connectivity index (χ1) is 8.20. The van der Waals surface area contributed by atoms with Crippen LogP contribution >= 0.6 is 11.6 Å². The SMILES string of the molecule is CC1=CCCN(C(=O)c2cccc(CCl)c2)C1. The highest BCUT2D eigenvalue weighted by atomic mass is 35.5. The van der Waals surface area contributed by atoms with Crippen LogP contribution in [0.1, 0.15) is 29.3 Å². The van der Waals surface area contributed by atoms with Gasteiger partial charge in [0, 0.05) is 24.5 Å². The van der Waals surface area contributed by atoms with E-state index in [9.17, 15) is 4.79 Å². The Morgan fingerprint density at radius 1 is 1.47 bits per heavy atom. The molecule has 2 nitrogen and oxygen atoms in total. The van der Waals surface area contributed by atoms with Gasteiger partial charge >= 0.3 is 0 Å². The molecule has 1 aliphatic rings. The zero-order chi connectivity index (χ0) is 12.3. The van der Waals surface area contributed by atoms with Gasteiger partial charge in [-0.15, -0.1) is 11.6 Å². The minimum atomic E-state index is 0.101. The smallest absolute Gasteiger partial charge is 0.254 e. The molecular weight excluding hydrogens is 234 g/mol. The van der Waals surface area contributed by atoms with Crippen molar-refractivity contribution in [3.05, 3.63) is 47.0 Å². The second kappa shape index (κ2) is 5.37. The van der Waals surface area contributed by atoms with Gasteiger partial charge in [0.05, 0.1) is 0 Å². The van der Waals surface area contributed by atoms with Crippen LogP contribution in [-0.2, 0) is 5.88 Å². The second-order valence-corrected chi connectivity index (χ2v) is 4.67. The molecule has 1 aliphatic heterocycles. The fourth-order valence-corrected chi connectivity index (χ4v) is 2.22. The van der Waals surface area contributed by atoms with E-state index in [1.165, 1.54) is 5.57 Å². The van der Waals surface area contributed by atoms with Crippen LogP contribution in [0.5, 0.6) is 0 Å². The Balaban J connectivity index is 2.16. The first-order valence-electron chi connectivity index (χ1n) is 5.80. The van der Waals surface area contributed by atoms with Gasteiger partial charge in [-0.3, -0.25) is 4.79 Å². The van der Waals surface area contributed by atoms with Gasteiger partial charge < -0.3 is 4.90 Å². The van der Waals surface area contributed by atoms with Crippen LogP contribution in [0.3, 0.4) is 0 Å². The van der Waals surface area contributed by atoms with Gasteiger partial charge in [0.25, 0.3) is 5.91 Å². The van der Waals surface area contributed by atoms with Gasteiger partial charge in [0.2, 0.25) is 0 Å². The average Bonchev–Trinajstić information content (AvgIpc) is 2.38. The van der Waals surface area contributed by atoms with Crippen LogP contribution in [0, 0.1) is 0 Å². The standard InChI is InChI=1S/C14H16ClNO/c1-11-4-3-7-16(10-11)14(17)13-6-2-5-12(8-13)9-15/h2,4-6,8H,3,7,9-10H2,1H3. The van der Waals surface area contributed by atoms with E-state index in [2.05, 4.69) is 13.0 Å². The van der Waals surface area contributed by atoms with Gasteiger partial charge in [-0.25, -0.2) is 0 Å². The Bertz CT molecular complexity index is 453. The third-order valence-electron chi connectivity index (χ3n) is 2.95. The lowest BCUT2D eigenvalue weighted by atomic mass is 10.1. The Morgan fingerprint density at radius 2 is 2.29 bits per heavy atom. The van der Waals surface area contributed by atoms with Crippen LogP contribution in [0.2, 0.25) is 0 Å². The predicted octanol–water partition coefficient (Wildman–Crippen LogP) is 3.22. The molecule has 0 spiro atoms. The number of halogens is 1. The summed E-state index contributed by atoms with van der Waals surface area (Å²) >= 11 is 5.78. The number of rotatable bonds is 2. The molecule has 0 bridgehead atoms. The van der Waals surface area contributed by atoms with Gasteiger partial charge in [-0.2, -0.15) is 0 Å². The van der Waals surface area contributed by atoms with E-state index in [-0.39, 0.29) is 5.91 Å². The highest BCUT2D eigenvalue weighted by Gasteiger charge is 2.17. The van der Waals surface area contributed by atoms with Crippen molar-refractivity contribution in [3.63, 3.8) is 0 Å². The number of carbonyl (C=O) groups excluding carboxylic acids is 1. The summed E-state index contributed by atoms with van der Waals surface area (Å²) in [6, 6.07) is 7.55. The third kappa shape index (κ3) is 2.89. The number of amides is 1. The highest BCUT2D eigenvalue weighted by Crippen LogP contribution is 2.15. The molecule has 1 aromatic rings. The zero-order valence-electron chi connectivity index (χ0n) is 9.95. The monoisotopic (exact) mass is 249 g/mol. The Kier molecular flexibility index (Phi) is 3.85. The second-order valence-electron chi connectivity index (χ2n) is 4.40. The van der Waals surface area contributed by atoms with Crippen molar-refractivity contribution in [3.8, 4) is 0 Å². The van der Waals surface area contributed by atoms with Crippen molar-refractivity contribution < 1.29 is 4.79 Å². The van der Waals surface area contributed by atoms with Crippen molar-refractivity contribution in [1.82, 2.24) is 4.90 Å². The van der Waals surface area contributed by atoms with E-state index in [1.807, 2.05) is 29.2 Å². The maximum atomic E-state index is 12.3. The van der Waals surface area contributed by atoms with E-state index in [1.54, 1.807) is 0 Å². The van der Waals surface area contributed by atoms with Crippen molar-refractivity contribution in [2.75, 3.05) is 13.1 Å². The maximum absolute atomic E-state index is 12.3. The molecule has 1 heterocycles. The molecule has 0 aliphatic carbocycles. The first kappa shape index (κ1) is 12.2. The number of benzene rings is 1. The van der Waals surface area contributed by atoms with E-state index >= 15 is 0 Å². The molecule has 1 amide bonds. The molecule has 1 aromatic carbocycles. The predicted molar refractivity (Wildman–Crippen MR) is 70.3 cm³/mol. The summed E-state index contributed by atoms with van der Waals surface area (Å²) < 4.78 is 0. The van der Waals surface area contributed by atoms with E-state index in [4.69, 9.17) is 11.6 Å². The van der Waals surface area contributed by atoms with Crippen molar-refractivity contribution >= 4 is 17.5 Å². The van der Waals surface area contributed by atoms with Gasteiger partial charge in [-0.1, -0.05) is 23.8 Å².